The van der Waals surface area contributed by atoms with Crippen molar-refractivity contribution in [2.24, 2.45) is 5.10 Å². The third kappa shape index (κ3) is 4.03. The number of nitrogens with zero attached hydrogens (tertiary/aromatic N) is 4. The Morgan fingerprint density at radius 3 is 2.56 bits per heavy atom. The fourth-order valence-corrected chi connectivity index (χ4v) is 3.98. The van der Waals surface area contributed by atoms with E-state index in [1.165, 1.54) is 11.2 Å². The van der Waals surface area contributed by atoms with Crippen LogP contribution in [0, 0.1) is 0 Å². The second kappa shape index (κ2) is 9.22. The van der Waals surface area contributed by atoms with Gasteiger partial charge >= 0.3 is 5.97 Å². The quantitative estimate of drug-likeness (QED) is 0.385. The smallest absolute Gasteiger partial charge is 0.342 e. The zero-order valence-corrected chi connectivity index (χ0v) is 18.5. The van der Waals surface area contributed by atoms with Crippen molar-refractivity contribution in [2.45, 2.75) is 25.8 Å². The lowest BCUT2D eigenvalue weighted by Gasteiger charge is -2.19. The molecule has 0 saturated heterocycles. The van der Waals surface area contributed by atoms with Crippen LogP contribution in [0.5, 0.6) is 0 Å². The molecule has 9 nitrogen and oxygen atoms in total. The molecule has 0 radical (unpaired) electrons. The minimum absolute atomic E-state index is 0.322. The van der Waals surface area contributed by atoms with Gasteiger partial charge in [0.2, 0.25) is 0 Å². The highest BCUT2D eigenvalue weighted by Crippen LogP contribution is 2.33. The van der Waals surface area contributed by atoms with E-state index in [1.54, 1.807) is 41.5 Å². The first-order chi connectivity index (χ1) is 16.7. The van der Waals surface area contributed by atoms with E-state index in [4.69, 9.17) is 13.6 Å². The summed E-state index contributed by atoms with van der Waals surface area (Å²) in [6.07, 6.45) is 5.54. The number of hydrogen-bond acceptors (Lipinski definition) is 7. The van der Waals surface area contributed by atoms with Crippen molar-refractivity contribution in [3.8, 4) is 5.69 Å². The van der Waals surface area contributed by atoms with Crippen LogP contribution in [0.4, 0.5) is 0 Å². The highest BCUT2D eigenvalue weighted by molar-refractivity contribution is 6.01. The molecule has 172 valence electrons. The zero-order valence-electron chi connectivity index (χ0n) is 18.5. The summed E-state index contributed by atoms with van der Waals surface area (Å²) >= 11 is 0. The average molecular weight is 458 g/mol. The number of ether oxygens (including phenoxy) is 1. The van der Waals surface area contributed by atoms with E-state index in [2.05, 4.69) is 10.2 Å². The van der Waals surface area contributed by atoms with E-state index in [-0.39, 0.29) is 0 Å². The molecule has 34 heavy (non-hydrogen) atoms. The lowest BCUT2D eigenvalue weighted by molar-refractivity contribution is -0.136. The van der Waals surface area contributed by atoms with Crippen LogP contribution >= 0.6 is 0 Å². The average Bonchev–Trinajstić information content (AvgIpc) is 3.68. The first kappa shape index (κ1) is 21.4. The molecule has 0 bridgehead atoms. The number of para-hydroxylation sites is 1. The summed E-state index contributed by atoms with van der Waals surface area (Å²) in [5.41, 5.74) is 2.48. The number of esters is 1. The maximum atomic E-state index is 13.0. The summed E-state index contributed by atoms with van der Waals surface area (Å²) in [5, 5.41) is 10.1. The topological polar surface area (TPSA) is 103 Å². The predicted molar refractivity (Wildman–Crippen MR) is 121 cm³/mol. The third-order valence-corrected chi connectivity index (χ3v) is 5.59. The van der Waals surface area contributed by atoms with Crippen molar-refractivity contribution in [2.75, 3.05) is 6.61 Å². The highest BCUT2D eigenvalue weighted by Gasteiger charge is 2.36. The molecule has 0 unspecified atom stereocenters. The zero-order chi connectivity index (χ0) is 23.5. The maximum absolute atomic E-state index is 13.0. The molecule has 4 aromatic rings. The first-order valence-corrected chi connectivity index (χ1v) is 10.9. The van der Waals surface area contributed by atoms with Gasteiger partial charge in [0, 0.05) is 6.42 Å². The van der Waals surface area contributed by atoms with Crippen molar-refractivity contribution >= 4 is 17.6 Å². The molecule has 5 rings (SSSR count). The second-order valence-electron chi connectivity index (χ2n) is 7.68. The van der Waals surface area contributed by atoms with E-state index < -0.39 is 24.5 Å². The Morgan fingerprint density at radius 2 is 1.85 bits per heavy atom. The molecule has 1 aliphatic heterocycles. The van der Waals surface area contributed by atoms with Crippen LogP contribution in [-0.2, 0) is 16.0 Å². The van der Waals surface area contributed by atoms with Crippen LogP contribution in [0.25, 0.3) is 5.69 Å². The van der Waals surface area contributed by atoms with Gasteiger partial charge in [0.25, 0.3) is 5.91 Å². The van der Waals surface area contributed by atoms with Gasteiger partial charge in [-0.15, -0.1) is 0 Å². The van der Waals surface area contributed by atoms with Gasteiger partial charge in [-0.25, -0.2) is 14.5 Å². The molecule has 0 fully saturated rings. The Morgan fingerprint density at radius 1 is 1.06 bits per heavy atom. The van der Waals surface area contributed by atoms with Gasteiger partial charge in [0.15, 0.2) is 6.61 Å². The summed E-state index contributed by atoms with van der Waals surface area (Å²) in [4.78, 5) is 25.9. The highest BCUT2D eigenvalue weighted by atomic mass is 16.5. The number of hydrazone groups is 1. The summed E-state index contributed by atoms with van der Waals surface area (Å²) in [6.45, 7) is 1.46. The molecule has 4 heterocycles. The van der Waals surface area contributed by atoms with Crippen LogP contribution in [0.1, 0.15) is 47.0 Å². The van der Waals surface area contributed by atoms with Gasteiger partial charge in [0.1, 0.15) is 28.8 Å². The van der Waals surface area contributed by atoms with Crippen LogP contribution in [0.2, 0.25) is 0 Å². The van der Waals surface area contributed by atoms with Gasteiger partial charge in [-0.2, -0.15) is 10.2 Å². The Labute approximate surface area is 195 Å². The molecule has 3 aromatic heterocycles. The second-order valence-corrected chi connectivity index (χ2v) is 7.68. The minimum atomic E-state index is -0.614. The van der Waals surface area contributed by atoms with E-state index in [0.717, 1.165) is 5.69 Å². The summed E-state index contributed by atoms with van der Waals surface area (Å²) in [7, 11) is 0. The lowest BCUT2D eigenvalue weighted by Crippen LogP contribution is -2.31. The molecular weight excluding hydrogens is 436 g/mol. The Kier molecular flexibility index (Phi) is 5.82. The Balaban J connectivity index is 1.32. The van der Waals surface area contributed by atoms with Gasteiger partial charge in [-0.3, -0.25) is 4.79 Å². The van der Waals surface area contributed by atoms with Gasteiger partial charge in [0.05, 0.1) is 30.1 Å². The molecule has 1 atom stereocenters. The molecule has 1 aromatic carbocycles. The normalized spacial score (nSPS) is 15.4. The van der Waals surface area contributed by atoms with Gasteiger partial charge in [-0.05, 0) is 42.8 Å². The summed E-state index contributed by atoms with van der Waals surface area (Å²) in [5.74, 6) is 0.0772. The number of amides is 1. The molecule has 0 N–H and O–H groups in total. The molecule has 1 amide bonds. The van der Waals surface area contributed by atoms with E-state index in [0.29, 0.717) is 41.3 Å². The number of rotatable bonds is 7. The van der Waals surface area contributed by atoms with Crippen LogP contribution in [0.15, 0.2) is 87.3 Å². The molecule has 0 aliphatic carbocycles. The van der Waals surface area contributed by atoms with Crippen LogP contribution in [-0.4, -0.2) is 39.0 Å². The number of aromatic nitrogens is 2. The van der Waals surface area contributed by atoms with Crippen molar-refractivity contribution in [1.82, 2.24) is 14.8 Å². The monoisotopic (exact) mass is 458 g/mol. The first-order valence-electron chi connectivity index (χ1n) is 10.9. The number of hydrogen-bond donors (Lipinski definition) is 0. The van der Waals surface area contributed by atoms with Crippen LogP contribution < -0.4 is 0 Å². The maximum Gasteiger partial charge on any atom is 0.342 e. The third-order valence-electron chi connectivity index (χ3n) is 5.59. The van der Waals surface area contributed by atoms with E-state index in [9.17, 15) is 9.59 Å². The summed E-state index contributed by atoms with van der Waals surface area (Å²) in [6, 6.07) is 16.1. The number of carbonyl (C=O) groups excluding carboxylic acids is 2. The van der Waals surface area contributed by atoms with Gasteiger partial charge < -0.3 is 13.6 Å². The molecule has 0 saturated carbocycles. The largest absolute Gasteiger partial charge is 0.467 e. The number of benzene rings is 1. The number of furan rings is 2. The number of carbonyl (C=O) groups is 2. The van der Waals surface area contributed by atoms with Crippen molar-refractivity contribution in [3.63, 3.8) is 0 Å². The Bertz CT molecular complexity index is 1310. The molecule has 9 heteroatoms. The van der Waals surface area contributed by atoms with Crippen molar-refractivity contribution in [1.29, 1.82) is 0 Å². The van der Waals surface area contributed by atoms with E-state index >= 15 is 0 Å². The Hall–Kier alpha value is -4.40. The van der Waals surface area contributed by atoms with Crippen LogP contribution in [0.3, 0.4) is 0 Å². The SMILES string of the molecule is CCc1c(C(=O)OCC(=O)N2N=C(c3ccco3)C[C@@H]2c2ccco2)cnn1-c1ccccc1. The lowest BCUT2D eigenvalue weighted by atomic mass is 10.1. The summed E-state index contributed by atoms with van der Waals surface area (Å²) < 4.78 is 18.0. The fraction of sp³-hybridized carbons (Fsp3) is 0.200. The fourth-order valence-electron chi connectivity index (χ4n) is 3.98. The minimum Gasteiger partial charge on any atom is -0.467 e. The van der Waals surface area contributed by atoms with Gasteiger partial charge in [-0.1, -0.05) is 25.1 Å². The molecule has 0 spiro atoms. The molecule has 1 aliphatic rings. The standard InChI is InChI=1S/C25H22N4O5/c1-2-20-18(15-26-28(20)17-8-4-3-5-9-17)25(31)34-16-24(30)29-21(23-11-7-13-33-23)14-19(27-29)22-10-6-12-32-22/h3-13,15,21H,2,14,16H2,1H3/t21-/m1/s1. The van der Waals surface area contributed by atoms with Crippen molar-refractivity contribution in [3.05, 3.63) is 96.1 Å². The predicted octanol–water partition coefficient (Wildman–Crippen LogP) is 4.16. The van der Waals surface area contributed by atoms with Crippen molar-refractivity contribution < 1.29 is 23.2 Å². The van der Waals surface area contributed by atoms with E-state index in [1.807, 2.05) is 37.3 Å². The molecular formula is C25H22N4O5.